The molecule has 0 saturated carbocycles. The summed E-state index contributed by atoms with van der Waals surface area (Å²) in [5, 5.41) is 3.46. The van der Waals surface area contributed by atoms with Gasteiger partial charge in [0.15, 0.2) is 0 Å². The first-order valence-corrected chi connectivity index (χ1v) is 6.46. The van der Waals surface area contributed by atoms with Gasteiger partial charge < -0.3 is 10.2 Å². The number of amides is 1. The molecule has 0 aliphatic carbocycles. The van der Waals surface area contributed by atoms with Gasteiger partial charge in [-0.3, -0.25) is 4.79 Å². The topological polar surface area (TPSA) is 32.3 Å². The number of rotatable bonds is 0. The van der Waals surface area contributed by atoms with Crippen LogP contribution in [0.5, 0.6) is 0 Å². The lowest BCUT2D eigenvalue weighted by atomic mass is 9.88. The van der Waals surface area contributed by atoms with E-state index in [-0.39, 0.29) is 5.91 Å². The van der Waals surface area contributed by atoms with Crippen LogP contribution in [0.4, 0.5) is 11.4 Å². The molecule has 0 radical (unpaired) electrons. The fourth-order valence-electron chi connectivity index (χ4n) is 3.29. The van der Waals surface area contributed by atoms with Gasteiger partial charge in [-0.25, -0.2) is 0 Å². The summed E-state index contributed by atoms with van der Waals surface area (Å²) in [4.78, 5) is 14.5. The maximum Gasteiger partial charge on any atom is 0.257 e. The molecule has 2 aliphatic rings. The number of nitrogens with zero attached hydrogens (tertiary/aromatic N) is 1. The average Bonchev–Trinajstić information content (AvgIpc) is 2.93. The summed E-state index contributed by atoms with van der Waals surface area (Å²) in [6, 6.07) is 16.2. The van der Waals surface area contributed by atoms with Gasteiger partial charge in [-0.2, -0.15) is 0 Å². The summed E-state index contributed by atoms with van der Waals surface area (Å²) < 4.78 is 0. The van der Waals surface area contributed by atoms with Crippen molar-refractivity contribution in [1.82, 2.24) is 0 Å². The van der Waals surface area contributed by atoms with E-state index in [0.717, 1.165) is 23.4 Å². The molecule has 19 heavy (non-hydrogen) atoms. The van der Waals surface area contributed by atoms with Gasteiger partial charge in [-0.05, 0) is 17.7 Å². The summed E-state index contributed by atoms with van der Waals surface area (Å²) in [6.07, 6.45) is 0.726. The Morgan fingerprint density at radius 2 is 1.84 bits per heavy atom. The predicted molar refractivity (Wildman–Crippen MR) is 75.3 cm³/mol. The van der Waals surface area contributed by atoms with Crippen molar-refractivity contribution < 1.29 is 4.79 Å². The van der Waals surface area contributed by atoms with Gasteiger partial charge in [-0.15, -0.1) is 0 Å². The fourth-order valence-corrected chi connectivity index (χ4v) is 3.29. The summed E-state index contributed by atoms with van der Waals surface area (Å²) in [5.74, 6) is 0.130. The van der Waals surface area contributed by atoms with E-state index in [4.69, 9.17) is 0 Å². The summed E-state index contributed by atoms with van der Waals surface area (Å²) in [7, 11) is 1.85. The molecule has 94 valence electrons. The van der Waals surface area contributed by atoms with Gasteiger partial charge in [0.05, 0.1) is 0 Å². The van der Waals surface area contributed by atoms with E-state index in [1.807, 2.05) is 43.4 Å². The van der Waals surface area contributed by atoms with Crippen molar-refractivity contribution in [3.8, 4) is 0 Å². The molecule has 2 aromatic rings. The highest BCUT2D eigenvalue weighted by Gasteiger charge is 2.52. The summed E-state index contributed by atoms with van der Waals surface area (Å²) >= 11 is 0. The van der Waals surface area contributed by atoms with Crippen LogP contribution in [0.15, 0.2) is 48.5 Å². The van der Waals surface area contributed by atoms with Crippen molar-refractivity contribution in [3.05, 3.63) is 59.7 Å². The maximum absolute atomic E-state index is 12.7. The molecule has 4 rings (SSSR count). The Hall–Kier alpha value is -2.29. The maximum atomic E-state index is 12.7. The Morgan fingerprint density at radius 3 is 2.68 bits per heavy atom. The number of nitrogens with one attached hydrogen (secondary N) is 1. The van der Waals surface area contributed by atoms with Crippen LogP contribution in [0.1, 0.15) is 11.1 Å². The number of likely N-dealkylation sites (N-methyl/N-ethyl adjacent to an activating group) is 1. The first-order chi connectivity index (χ1) is 9.22. The molecule has 0 bridgehead atoms. The zero-order chi connectivity index (χ0) is 13.0. The van der Waals surface area contributed by atoms with Gasteiger partial charge in [0.2, 0.25) is 0 Å². The third-order valence-corrected chi connectivity index (χ3v) is 4.22. The van der Waals surface area contributed by atoms with E-state index in [2.05, 4.69) is 17.4 Å². The SMILES string of the molecule is CN1C(=O)C2(Cc3ccccc3N2)c2ccccc21. The summed E-state index contributed by atoms with van der Waals surface area (Å²) in [6.45, 7) is 0. The Bertz CT molecular complexity index is 668. The number of carbonyl (C=O) groups is 1. The molecule has 0 aromatic heterocycles. The average molecular weight is 250 g/mol. The standard InChI is InChI=1S/C16H14N2O/c1-18-14-9-5-3-7-12(14)16(15(18)19)10-11-6-2-4-8-13(11)17-16/h2-9,17H,10H2,1H3. The number of carbonyl (C=O) groups excluding carboxylic acids is 1. The molecule has 0 fully saturated rings. The lowest BCUT2D eigenvalue weighted by Crippen LogP contribution is -2.43. The van der Waals surface area contributed by atoms with Crippen LogP contribution in [0.25, 0.3) is 0 Å². The fraction of sp³-hybridized carbons (Fsp3) is 0.188. The molecular weight excluding hydrogens is 236 g/mol. The van der Waals surface area contributed by atoms with Crippen molar-refractivity contribution in [2.75, 3.05) is 17.3 Å². The van der Waals surface area contributed by atoms with E-state index in [1.165, 1.54) is 5.56 Å². The summed E-state index contributed by atoms with van der Waals surface area (Å²) in [5.41, 5.74) is 3.77. The van der Waals surface area contributed by atoms with E-state index in [9.17, 15) is 4.79 Å². The van der Waals surface area contributed by atoms with Crippen LogP contribution in [-0.4, -0.2) is 13.0 Å². The lowest BCUT2D eigenvalue weighted by molar-refractivity contribution is -0.121. The molecule has 1 unspecified atom stereocenters. The Kier molecular flexibility index (Phi) is 1.89. The monoisotopic (exact) mass is 250 g/mol. The smallest absolute Gasteiger partial charge is 0.257 e. The van der Waals surface area contributed by atoms with Crippen LogP contribution >= 0.6 is 0 Å². The van der Waals surface area contributed by atoms with Crippen LogP contribution in [0, 0.1) is 0 Å². The molecule has 1 atom stereocenters. The minimum atomic E-state index is -0.602. The van der Waals surface area contributed by atoms with Crippen molar-refractivity contribution in [2.24, 2.45) is 0 Å². The van der Waals surface area contributed by atoms with Gasteiger partial charge in [0.25, 0.3) is 5.91 Å². The van der Waals surface area contributed by atoms with E-state index < -0.39 is 5.54 Å². The van der Waals surface area contributed by atoms with E-state index in [0.29, 0.717) is 0 Å². The molecule has 1 N–H and O–H groups in total. The van der Waals surface area contributed by atoms with E-state index in [1.54, 1.807) is 4.90 Å². The Morgan fingerprint density at radius 1 is 1.11 bits per heavy atom. The Labute approximate surface area is 111 Å². The number of para-hydroxylation sites is 2. The van der Waals surface area contributed by atoms with Crippen molar-refractivity contribution in [3.63, 3.8) is 0 Å². The molecule has 3 nitrogen and oxygen atoms in total. The molecular formula is C16H14N2O. The van der Waals surface area contributed by atoms with Crippen molar-refractivity contribution >= 4 is 17.3 Å². The highest BCUT2D eigenvalue weighted by atomic mass is 16.2. The predicted octanol–water partition coefficient (Wildman–Crippen LogP) is 2.53. The number of hydrogen-bond donors (Lipinski definition) is 1. The van der Waals surface area contributed by atoms with Crippen LogP contribution in [0.3, 0.4) is 0 Å². The molecule has 1 amide bonds. The molecule has 1 spiro atoms. The van der Waals surface area contributed by atoms with Gasteiger partial charge in [-0.1, -0.05) is 36.4 Å². The second-order valence-electron chi connectivity index (χ2n) is 5.25. The quantitative estimate of drug-likeness (QED) is 0.779. The lowest BCUT2D eigenvalue weighted by Gasteiger charge is -2.23. The molecule has 2 aromatic carbocycles. The zero-order valence-electron chi connectivity index (χ0n) is 10.7. The molecule has 2 heterocycles. The number of anilines is 2. The van der Waals surface area contributed by atoms with Gasteiger partial charge >= 0.3 is 0 Å². The molecule has 0 saturated heterocycles. The third kappa shape index (κ3) is 1.19. The normalized spacial score (nSPS) is 23.4. The van der Waals surface area contributed by atoms with Crippen LogP contribution in [0.2, 0.25) is 0 Å². The highest BCUT2D eigenvalue weighted by Crippen LogP contribution is 2.48. The number of benzene rings is 2. The Balaban J connectivity index is 1.92. The van der Waals surface area contributed by atoms with Crippen LogP contribution < -0.4 is 10.2 Å². The number of hydrogen-bond acceptors (Lipinski definition) is 2. The van der Waals surface area contributed by atoms with Crippen molar-refractivity contribution in [1.29, 1.82) is 0 Å². The largest absolute Gasteiger partial charge is 0.367 e. The molecule has 3 heteroatoms. The van der Waals surface area contributed by atoms with Crippen LogP contribution in [-0.2, 0) is 16.8 Å². The van der Waals surface area contributed by atoms with Gasteiger partial charge in [0, 0.05) is 30.4 Å². The highest BCUT2D eigenvalue weighted by molar-refractivity contribution is 6.10. The van der Waals surface area contributed by atoms with E-state index >= 15 is 0 Å². The first-order valence-electron chi connectivity index (χ1n) is 6.46. The minimum absolute atomic E-state index is 0.130. The van der Waals surface area contributed by atoms with Gasteiger partial charge in [0.1, 0.15) is 5.54 Å². The zero-order valence-corrected chi connectivity index (χ0v) is 10.7. The second-order valence-corrected chi connectivity index (χ2v) is 5.25. The van der Waals surface area contributed by atoms with Crippen molar-refractivity contribution in [2.45, 2.75) is 12.0 Å². The third-order valence-electron chi connectivity index (χ3n) is 4.22. The minimum Gasteiger partial charge on any atom is -0.367 e. The molecule has 2 aliphatic heterocycles. The first kappa shape index (κ1) is 10.6. The number of fused-ring (bicyclic) bond motifs is 3. The second kappa shape index (κ2) is 3.38.